The summed E-state index contributed by atoms with van der Waals surface area (Å²) >= 11 is 6.06. The minimum Gasteiger partial charge on any atom is -0.497 e. The molecule has 1 aliphatic heterocycles. The van der Waals surface area contributed by atoms with Gasteiger partial charge < -0.3 is 14.2 Å². The van der Waals surface area contributed by atoms with Crippen molar-refractivity contribution in [2.45, 2.75) is 18.9 Å². The molecule has 0 radical (unpaired) electrons. The summed E-state index contributed by atoms with van der Waals surface area (Å²) < 4.78 is 7.47. The lowest BCUT2D eigenvalue weighted by Gasteiger charge is -2.18. The van der Waals surface area contributed by atoms with Crippen LogP contribution in [0, 0.1) is 0 Å². The summed E-state index contributed by atoms with van der Waals surface area (Å²) in [7, 11) is 1.64. The molecule has 1 aliphatic rings. The molecule has 5 rings (SSSR count). The summed E-state index contributed by atoms with van der Waals surface area (Å²) in [5.74, 6) is 1.85. The highest BCUT2D eigenvalue weighted by Crippen LogP contribution is 2.34. The maximum absolute atomic E-state index is 12.9. The van der Waals surface area contributed by atoms with Crippen molar-refractivity contribution < 1.29 is 9.53 Å². The fourth-order valence-electron chi connectivity index (χ4n) is 4.24. The van der Waals surface area contributed by atoms with Gasteiger partial charge in [0.15, 0.2) is 0 Å². The molecule has 0 bridgehead atoms. The van der Waals surface area contributed by atoms with E-state index in [-0.39, 0.29) is 11.8 Å². The van der Waals surface area contributed by atoms with Crippen LogP contribution in [-0.2, 0) is 11.3 Å². The van der Waals surface area contributed by atoms with Gasteiger partial charge in [-0.2, -0.15) is 0 Å². The van der Waals surface area contributed by atoms with Crippen LogP contribution >= 0.6 is 11.6 Å². The average molecular weight is 432 g/mol. The molecule has 0 spiro atoms. The number of amides is 1. The predicted octanol–water partition coefficient (Wildman–Crippen LogP) is 5.27. The van der Waals surface area contributed by atoms with Crippen molar-refractivity contribution >= 4 is 34.2 Å². The first-order valence-electron chi connectivity index (χ1n) is 10.3. The second kappa shape index (κ2) is 8.08. The second-order valence-electron chi connectivity index (χ2n) is 7.77. The first kappa shape index (κ1) is 19.6. The van der Waals surface area contributed by atoms with Gasteiger partial charge in [0, 0.05) is 36.1 Å². The average Bonchev–Trinajstić information content (AvgIpc) is 3.36. The van der Waals surface area contributed by atoms with E-state index in [9.17, 15) is 4.79 Å². The van der Waals surface area contributed by atoms with Gasteiger partial charge in [0.2, 0.25) is 5.91 Å². The van der Waals surface area contributed by atoms with E-state index < -0.39 is 0 Å². The van der Waals surface area contributed by atoms with Crippen LogP contribution in [0.5, 0.6) is 5.75 Å². The van der Waals surface area contributed by atoms with Gasteiger partial charge in [0.25, 0.3) is 0 Å². The summed E-state index contributed by atoms with van der Waals surface area (Å²) in [5, 5.41) is 0.719. The molecule has 3 aromatic carbocycles. The van der Waals surface area contributed by atoms with Crippen LogP contribution < -0.4 is 9.64 Å². The number of imidazole rings is 1. The molecule has 6 heteroatoms. The molecule has 0 unspecified atom stereocenters. The van der Waals surface area contributed by atoms with Crippen LogP contribution in [-0.4, -0.2) is 29.1 Å². The first-order chi connectivity index (χ1) is 15.1. The van der Waals surface area contributed by atoms with Gasteiger partial charge in [-0.25, -0.2) is 4.98 Å². The highest BCUT2D eigenvalue weighted by Gasteiger charge is 2.34. The quantitative estimate of drug-likeness (QED) is 0.432. The number of benzene rings is 3. The molecule has 156 valence electrons. The molecular weight excluding hydrogens is 410 g/mol. The smallest absolute Gasteiger partial charge is 0.227 e. The number of aromatic nitrogens is 2. The van der Waals surface area contributed by atoms with Crippen LogP contribution in [0.4, 0.5) is 5.69 Å². The molecule has 2 heterocycles. The zero-order valence-electron chi connectivity index (χ0n) is 17.2. The van der Waals surface area contributed by atoms with E-state index in [2.05, 4.69) is 10.6 Å². The normalized spacial score (nSPS) is 16.3. The van der Waals surface area contributed by atoms with Crippen molar-refractivity contribution in [3.8, 4) is 5.75 Å². The molecule has 31 heavy (non-hydrogen) atoms. The van der Waals surface area contributed by atoms with Crippen molar-refractivity contribution in [2.24, 2.45) is 0 Å². The van der Waals surface area contributed by atoms with Crippen molar-refractivity contribution in [3.63, 3.8) is 0 Å². The molecule has 0 aliphatic carbocycles. The number of halogens is 1. The molecule has 1 aromatic heterocycles. The monoisotopic (exact) mass is 431 g/mol. The molecule has 1 saturated heterocycles. The summed E-state index contributed by atoms with van der Waals surface area (Å²) in [6.45, 7) is 1.29. The Hall–Kier alpha value is -3.31. The van der Waals surface area contributed by atoms with E-state index in [1.54, 1.807) is 7.11 Å². The van der Waals surface area contributed by atoms with Crippen molar-refractivity contribution in [1.82, 2.24) is 9.55 Å². The number of methoxy groups -OCH3 is 1. The Morgan fingerprint density at radius 3 is 2.52 bits per heavy atom. The van der Waals surface area contributed by atoms with Crippen LogP contribution in [0.2, 0.25) is 5.02 Å². The van der Waals surface area contributed by atoms with Crippen LogP contribution in [0.1, 0.15) is 23.7 Å². The second-order valence-corrected chi connectivity index (χ2v) is 8.21. The maximum Gasteiger partial charge on any atom is 0.227 e. The topological polar surface area (TPSA) is 47.4 Å². The Labute approximate surface area is 185 Å². The third-order valence-electron chi connectivity index (χ3n) is 5.81. The summed E-state index contributed by atoms with van der Waals surface area (Å²) in [5.41, 5.74) is 4.04. The molecule has 0 N–H and O–H groups in total. The lowest BCUT2D eigenvalue weighted by molar-refractivity contribution is -0.117. The number of carbonyl (C=O) groups is 1. The first-order valence-corrected chi connectivity index (χ1v) is 10.6. The van der Waals surface area contributed by atoms with E-state index >= 15 is 0 Å². The molecule has 1 amide bonds. The standard InChI is InChI=1S/C25H22ClN3O2/c1-31-21-12-10-20(11-13-21)28-16-18(14-24(28)30)25-27-22-4-2-3-5-23(22)29(25)15-17-6-8-19(26)9-7-17/h2-13,18H,14-16H2,1H3/t18-/m0/s1. The van der Waals surface area contributed by atoms with E-state index in [0.717, 1.165) is 38.9 Å². The Morgan fingerprint density at radius 1 is 1.03 bits per heavy atom. The summed E-state index contributed by atoms with van der Waals surface area (Å²) in [4.78, 5) is 19.7. The third kappa shape index (κ3) is 3.77. The molecular formula is C25H22ClN3O2. The largest absolute Gasteiger partial charge is 0.497 e. The number of anilines is 1. The van der Waals surface area contributed by atoms with Gasteiger partial charge in [-0.1, -0.05) is 35.9 Å². The lowest BCUT2D eigenvalue weighted by Crippen LogP contribution is -2.24. The predicted molar refractivity (Wildman–Crippen MR) is 123 cm³/mol. The zero-order valence-corrected chi connectivity index (χ0v) is 17.9. The van der Waals surface area contributed by atoms with Gasteiger partial charge in [0.05, 0.1) is 18.1 Å². The number of hydrogen-bond donors (Lipinski definition) is 0. The van der Waals surface area contributed by atoms with Gasteiger partial charge in [-0.15, -0.1) is 0 Å². The van der Waals surface area contributed by atoms with Crippen LogP contribution in [0.25, 0.3) is 11.0 Å². The van der Waals surface area contributed by atoms with Gasteiger partial charge in [-0.3, -0.25) is 4.79 Å². The lowest BCUT2D eigenvalue weighted by atomic mass is 10.1. The van der Waals surface area contributed by atoms with E-state index in [1.165, 1.54) is 0 Å². The Morgan fingerprint density at radius 2 is 1.77 bits per heavy atom. The number of carbonyl (C=O) groups excluding carboxylic acids is 1. The fraction of sp³-hybridized carbons (Fsp3) is 0.200. The number of hydrogen-bond acceptors (Lipinski definition) is 3. The minimum atomic E-state index is 0.0225. The van der Waals surface area contributed by atoms with E-state index in [4.69, 9.17) is 21.3 Å². The van der Waals surface area contributed by atoms with Gasteiger partial charge in [-0.05, 0) is 54.1 Å². The number of para-hydroxylation sites is 2. The highest BCUT2D eigenvalue weighted by atomic mass is 35.5. The fourth-order valence-corrected chi connectivity index (χ4v) is 4.36. The Bertz CT molecular complexity index is 1230. The van der Waals surface area contributed by atoms with Gasteiger partial charge in [0.1, 0.15) is 11.6 Å². The Balaban J connectivity index is 1.49. The maximum atomic E-state index is 12.9. The third-order valence-corrected chi connectivity index (χ3v) is 6.06. The Kier molecular flexibility index (Phi) is 5.12. The van der Waals surface area contributed by atoms with Crippen LogP contribution in [0.15, 0.2) is 72.8 Å². The van der Waals surface area contributed by atoms with Crippen molar-refractivity contribution in [3.05, 3.63) is 89.2 Å². The van der Waals surface area contributed by atoms with E-state index in [1.807, 2.05) is 71.6 Å². The number of fused-ring (bicyclic) bond motifs is 1. The van der Waals surface area contributed by atoms with Gasteiger partial charge >= 0.3 is 0 Å². The highest BCUT2D eigenvalue weighted by molar-refractivity contribution is 6.30. The number of nitrogens with zero attached hydrogens (tertiary/aromatic N) is 3. The summed E-state index contributed by atoms with van der Waals surface area (Å²) in [6.07, 6.45) is 0.440. The van der Waals surface area contributed by atoms with Crippen molar-refractivity contribution in [1.29, 1.82) is 0 Å². The summed E-state index contributed by atoms with van der Waals surface area (Å²) in [6, 6.07) is 23.6. The zero-order chi connectivity index (χ0) is 21.4. The number of rotatable bonds is 5. The minimum absolute atomic E-state index is 0.0225. The SMILES string of the molecule is COc1ccc(N2C[C@@H](c3nc4ccccc4n3Cc3ccc(Cl)cc3)CC2=O)cc1. The van der Waals surface area contributed by atoms with Crippen molar-refractivity contribution in [2.75, 3.05) is 18.6 Å². The molecule has 1 fully saturated rings. The molecule has 0 saturated carbocycles. The molecule has 4 aromatic rings. The van der Waals surface area contributed by atoms with E-state index in [0.29, 0.717) is 19.5 Å². The number of ether oxygens (including phenoxy) is 1. The molecule has 1 atom stereocenters. The van der Waals surface area contributed by atoms with Crippen LogP contribution in [0.3, 0.4) is 0 Å². The molecule has 5 nitrogen and oxygen atoms in total.